The number of rotatable bonds is 5. The summed E-state index contributed by atoms with van der Waals surface area (Å²) in [6, 6.07) is 0.00516. The number of hydrogen-bond donors (Lipinski definition) is 2. The van der Waals surface area contributed by atoms with Crippen molar-refractivity contribution in [2.75, 3.05) is 0 Å². The first kappa shape index (κ1) is 13.6. The summed E-state index contributed by atoms with van der Waals surface area (Å²) in [4.78, 5) is 26.8. The maximum Gasteiger partial charge on any atom is 0.306 e. The van der Waals surface area contributed by atoms with Crippen LogP contribution >= 0.6 is 0 Å². The highest BCUT2D eigenvalue weighted by Crippen LogP contribution is 2.31. The number of nitrogens with zero attached hydrogens (tertiary/aromatic N) is 2. The molecular formula is C13H19N3O3. The molecule has 104 valence electrons. The first-order valence-corrected chi connectivity index (χ1v) is 6.55. The molecule has 1 heterocycles. The van der Waals surface area contributed by atoms with Crippen LogP contribution in [0.15, 0.2) is 18.7 Å². The van der Waals surface area contributed by atoms with Gasteiger partial charge in [-0.2, -0.15) is 0 Å². The average molecular weight is 265 g/mol. The van der Waals surface area contributed by atoms with Crippen molar-refractivity contribution in [2.45, 2.75) is 38.8 Å². The summed E-state index contributed by atoms with van der Waals surface area (Å²) < 4.78 is 1.90. The summed E-state index contributed by atoms with van der Waals surface area (Å²) in [6.07, 6.45) is 6.98. The van der Waals surface area contributed by atoms with Gasteiger partial charge in [-0.3, -0.25) is 9.59 Å². The summed E-state index contributed by atoms with van der Waals surface area (Å²) in [5, 5.41) is 11.9. The van der Waals surface area contributed by atoms with Gasteiger partial charge in [-0.25, -0.2) is 4.98 Å². The Hall–Kier alpha value is -1.85. The maximum atomic E-state index is 12.0. The molecule has 2 N–H and O–H groups in total. The molecule has 1 fully saturated rings. The number of aromatic nitrogens is 2. The third-order valence-corrected chi connectivity index (χ3v) is 3.59. The van der Waals surface area contributed by atoms with E-state index in [0.717, 1.165) is 0 Å². The van der Waals surface area contributed by atoms with Crippen molar-refractivity contribution >= 4 is 11.9 Å². The molecule has 1 aromatic heterocycles. The molecule has 1 aromatic rings. The number of hydrogen-bond acceptors (Lipinski definition) is 3. The first-order chi connectivity index (χ1) is 9.06. The smallest absolute Gasteiger partial charge is 0.306 e. The number of carbonyl (C=O) groups excluding carboxylic acids is 1. The second-order valence-corrected chi connectivity index (χ2v) is 5.21. The lowest BCUT2D eigenvalue weighted by Crippen LogP contribution is -2.38. The third-order valence-electron chi connectivity index (χ3n) is 3.59. The Kier molecular flexibility index (Phi) is 4.19. The van der Waals surface area contributed by atoms with Crippen LogP contribution in [0.3, 0.4) is 0 Å². The molecule has 0 bridgehead atoms. The maximum absolute atomic E-state index is 12.0. The number of aliphatic carboxylic acids is 1. The fraction of sp³-hybridized carbons (Fsp3) is 0.615. The molecule has 2 rings (SSSR count). The number of nitrogens with one attached hydrogen (secondary N) is 1. The standard InChI is InChI=1S/C13H19N3O3/c1-9(7-16-5-4-14-8-16)15-12(17)10-2-3-11(6-10)13(18)19/h4-5,8-11H,2-3,6-7H2,1H3,(H,15,17)(H,18,19)/t9?,10-,11+/m1/s1. The Morgan fingerprint density at radius 2 is 2.21 bits per heavy atom. The Morgan fingerprint density at radius 3 is 2.79 bits per heavy atom. The number of carboxylic acids is 1. The Balaban J connectivity index is 1.79. The molecule has 1 amide bonds. The van der Waals surface area contributed by atoms with Crippen molar-refractivity contribution < 1.29 is 14.7 Å². The zero-order valence-corrected chi connectivity index (χ0v) is 11.0. The monoisotopic (exact) mass is 265 g/mol. The van der Waals surface area contributed by atoms with E-state index in [2.05, 4.69) is 10.3 Å². The van der Waals surface area contributed by atoms with Gasteiger partial charge in [0.1, 0.15) is 0 Å². The van der Waals surface area contributed by atoms with Crippen molar-refractivity contribution in [2.24, 2.45) is 11.8 Å². The summed E-state index contributed by atoms with van der Waals surface area (Å²) >= 11 is 0. The zero-order chi connectivity index (χ0) is 13.8. The van der Waals surface area contributed by atoms with Gasteiger partial charge < -0.3 is 15.0 Å². The fourth-order valence-electron chi connectivity index (χ4n) is 2.56. The lowest BCUT2D eigenvalue weighted by atomic mass is 10.0. The van der Waals surface area contributed by atoms with E-state index in [1.807, 2.05) is 17.7 Å². The summed E-state index contributed by atoms with van der Waals surface area (Å²) in [5.74, 6) is -1.34. The highest BCUT2D eigenvalue weighted by Gasteiger charge is 2.34. The minimum Gasteiger partial charge on any atom is -0.481 e. The highest BCUT2D eigenvalue weighted by molar-refractivity contribution is 5.81. The van der Waals surface area contributed by atoms with E-state index in [1.165, 1.54) is 0 Å². The van der Waals surface area contributed by atoms with E-state index in [-0.39, 0.29) is 23.8 Å². The van der Waals surface area contributed by atoms with E-state index in [1.54, 1.807) is 12.5 Å². The Bertz CT molecular complexity index is 444. The van der Waals surface area contributed by atoms with Crippen LogP contribution in [0.1, 0.15) is 26.2 Å². The van der Waals surface area contributed by atoms with Gasteiger partial charge in [0.05, 0.1) is 12.2 Å². The Morgan fingerprint density at radius 1 is 1.47 bits per heavy atom. The van der Waals surface area contributed by atoms with Crippen molar-refractivity contribution in [3.05, 3.63) is 18.7 Å². The van der Waals surface area contributed by atoms with Gasteiger partial charge in [0.25, 0.3) is 0 Å². The highest BCUT2D eigenvalue weighted by atomic mass is 16.4. The second kappa shape index (κ2) is 5.86. The van der Waals surface area contributed by atoms with E-state index < -0.39 is 5.97 Å². The van der Waals surface area contributed by atoms with Gasteiger partial charge in [0.15, 0.2) is 0 Å². The average Bonchev–Trinajstić information content (AvgIpc) is 2.98. The van der Waals surface area contributed by atoms with Gasteiger partial charge >= 0.3 is 5.97 Å². The molecule has 19 heavy (non-hydrogen) atoms. The van der Waals surface area contributed by atoms with E-state index >= 15 is 0 Å². The van der Waals surface area contributed by atoms with Crippen LogP contribution in [-0.4, -0.2) is 32.6 Å². The molecular weight excluding hydrogens is 246 g/mol. The van der Waals surface area contributed by atoms with E-state index in [4.69, 9.17) is 5.11 Å². The molecule has 6 heteroatoms. The minimum atomic E-state index is -0.790. The molecule has 0 aromatic carbocycles. The Labute approximate surface area is 111 Å². The molecule has 1 aliphatic carbocycles. The van der Waals surface area contributed by atoms with Crippen LogP contribution < -0.4 is 5.32 Å². The zero-order valence-electron chi connectivity index (χ0n) is 11.0. The van der Waals surface area contributed by atoms with Crippen LogP contribution in [-0.2, 0) is 16.1 Å². The van der Waals surface area contributed by atoms with Crippen LogP contribution in [0.4, 0.5) is 0 Å². The van der Waals surface area contributed by atoms with E-state index in [9.17, 15) is 9.59 Å². The third kappa shape index (κ3) is 3.56. The van der Waals surface area contributed by atoms with Crippen molar-refractivity contribution in [3.8, 4) is 0 Å². The normalized spacial score (nSPS) is 24.1. The molecule has 3 atom stereocenters. The molecule has 1 saturated carbocycles. The molecule has 0 aliphatic heterocycles. The quantitative estimate of drug-likeness (QED) is 0.828. The lowest BCUT2D eigenvalue weighted by Gasteiger charge is -2.17. The molecule has 0 spiro atoms. The topological polar surface area (TPSA) is 84.2 Å². The molecule has 6 nitrogen and oxygen atoms in total. The summed E-state index contributed by atoms with van der Waals surface area (Å²) in [6.45, 7) is 2.60. The number of carboxylic acid groups (broad SMARTS) is 1. The number of carbonyl (C=O) groups is 2. The van der Waals surface area contributed by atoms with Crippen molar-refractivity contribution in [1.29, 1.82) is 0 Å². The van der Waals surface area contributed by atoms with Crippen LogP contribution in [0.5, 0.6) is 0 Å². The molecule has 1 aliphatic rings. The van der Waals surface area contributed by atoms with Gasteiger partial charge in [-0.1, -0.05) is 0 Å². The van der Waals surface area contributed by atoms with Crippen LogP contribution in [0, 0.1) is 11.8 Å². The second-order valence-electron chi connectivity index (χ2n) is 5.21. The predicted octanol–water partition coefficient (Wildman–Crippen LogP) is 0.889. The van der Waals surface area contributed by atoms with Crippen molar-refractivity contribution in [3.63, 3.8) is 0 Å². The van der Waals surface area contributed by atoms with Gasteiger partial charge in [0.2, 0.25) is 5.91 Å². The predicted molar refractivity (Wildman–Crippen MR) is 68.3 cm³/mol. The number of amides is 1. The van der Waals surface area contributed by atoms with Crippen LogP contribution in [0.25, 0.3) is 0 Å². The molecule has 0 radical (unpaired) electrons. The van der Waals surface area contributed by atoms with Gasteiger partial charge in [-0.15, -0.1) is 0 Å². The van der Waals surface area contributed by atoms with Gasteiger partial charge in [-0.05, 0) is 26.2 Å². The summed E-state index contributed by atoms with van der Waals surface area (Å²) in [5.41, 5.74) is 0. The SMILES string of the molecule is CC(Cn1ccnc1)NC(=O)[C@@H]1CC[C@H](C(=O)O)C1. The minimum absolute atomic E-state index is 0.00516. The number of imidazole rings is 1. The van der Waals surface area contributed by atoms with E-state index in [0.29, 0.717) is 25.8 Å². The van der Waals surface area contributed by atoms with Gasteiger partial charge in [0, 0.05) is 30.9 Å². The first-order valence-electron chi connectivity index (χ1n) is 6.55. The summed E-state index contributed by atoms with van der Waals surface area (Å²) in [7, 11) is 0. The molecule has 0 saturated heterocycles. The largest absolute Gasteiger partial charge is 0.481 e. The fourth-order valence-corrected chi connectivity index (χ4v) is 2.56. The lowest BCUT2D eigenvalue weighted by molar-refractivity contribution is -0.141. The van der Waals surface area contributed by atoms with Crippen LogP contribution in [0.2, 0.25) is 0 Å². The molecule has 1 unspecified atom stereocenters. The van der Waals surface area contributed by atoms with Crippen molar-refractivity contribution in [1.82, 2.24) is 14.9 Å².